The summed E-state index contributed by atoms with van der Waals surface area (Å²) in [6.45, 7) is 0. The molecule has 0 aliphatic carbocycles. The Labute approximate surface area is 250 Å². The molecule has 0 spiro atoms. The van der Waals surface area contributed by atoms with Gasteiger partial charge in [0, 0.05) is 11.6 Å². The molecule has 6 aromatic rings. The maximum atomic E-state index is 13.5. The molecule has 0 aliphatic heterocycles. The van der Waals surface area contributed by atoms with Crippen LogP contribution in [0.4, 0.5) is 5.69 Å². The van der Waals surface area contributed by atoms with Crippen molar-refractivity contribution in [3.8, 4) is 0 Å². The van der Waals surface area contributed by atoms with Gasteiger partial charge in [-0.1, -0.05) is 115 Å². The van der Waals surface area contributed by atoms with Crippen LogP contribution in [0.3, 0.4) is 0 Å². The van der Waals surface area contributed by atoms with Crippen molar-refractivity contribution in [2.24, 2.45) is 0 Å². The van der Waals surface area contributed by atoms with Gasteiger partial charge in [-0.25, -0.2) is 8.42 Å². The third kappa shape index (κ3) is 5.54. The summed E-state index contributed by atoms with van der Waals surface area (Å²) in [4.78, 5) is 4.73. The summed E-state index contributed by atoms with van der Waals surface area (Å²) in [5.41, 5.74) is 5.00. The monoisotopic (exact) mass is 534 g/mol. The largest absolute Gasteiger partial charge is 1.00 e. The number of benzene rings is 5. The van der Waals surface area contributed by atoms with Crippen molar-refractivity contribution >= 4 is 49.0 Å². The van der Waals surface area contributed by atoms with E-state index in [1.165, 1.54) is 0 Å². The molecule has 0 saturated heterocycles. The van der Waals surface area contributed by atoms with Gasteiger partial charge in [0.1, 0.15) is 10.0 Å². The average molecular weight is 535 g/mol. The maximum absolute atomic E-state index is 13.5. The van der Waals surface area contributed by atoms with E-state index in [4.69, 9.17) is 0 Å². The molecule has 6 rings (SSSR count). The molecule has 0 bridgehead atoms. The van der Waals surface area contributed by atoms with Crippen molar-refractivity contribution in [2.75, 3.05) is 0 Å². The van der Waals surface area contributed by atoms with Crippen LogP contribution in [0.1, 0.15) is 16.7 Å². The van der Waals surface area contributed by atoms with Crippen molar-refractivity contribution in [3.05, 3.63) is 155 Å². The molecule has 0 amide bonds. The van der Waals surface area contributed by atoms with Gasteiger partial charge in [0.2, 0.25) is 0 Å². The molecule has 0 aliphatic rings. The molecular weight excluding hydrogens is 511 g/mol. The number of nitrogens with zero attached hydrogens (tertiary/aromatic N) is 2. The topological polar surface area (TPSA) is 61.1 Å². The van der Waals surface area contributed by atoms with E-state index in [0.29, 0.717) is 16.6 Å². The summed E-state index contributed by atoms with van der Waals surface area (Å²) in [6.07, 6.45) is 3.78. The molecule has 0 N–H and O–H groups in total. The Morgan fingerprint density at radius 2 is 1.26 bits per heavy atom. The molecule has 0 radical (unpaired) electrons. The van der Waals surface area contributed by atoms with E-state index >= 15 is 0 Å². The predicted octanol–water partition coefficient (Wildman–Crippen LogP) is 5.38. The Hall–Kier alpha value is -3.74. The number of aromatic nitrogens is 1. The van der Waals surface area contributed by atoms with Gasteiger partial charge in [-0.15, -0.1) is 5.69 Å². The fourth-order valence-electron chi connectivity index (χ4n) is 4.70. The summed E-state index contributed by atoms with van der Waals surface area (Å²) in [6, 6.07) is 40.5. The van der Waals surface area contributed by atoms with E-state index in [1.54, 1.807) is 30.5 Å². The number of hydrogen-bond donors (Lipinski definition) is 0. The van der Waals surface area contributed by atoms with Crippen LogP contribution in [-0.4, -0.2) is 13.4 Å². The first kappa shape index (κ1) is 26.9. The Morgan fingerprint density at radius 1 is 0.641 bits per heavy atom. The van der Waals surface area contributed by atoms with Crippen LogP contribution in [0.15, 0.2) is 138 Å². The minimum Gasteiger partial charge on any atom is -0.571 e. The summed E-state index contributed by atoms with van der Waals surface area (Å²) < 4.78 is 31.2. The standard InChI is InChI=1S/C33H23N2O2S.Na/c36-38(37,32-19-9-16-24-15-7-8-17-28(24)32)35-31-21-20-27(29-18-10-22-34-33(29)31)23-30(25-11-3-1-4-12-25)26-13-5-2-6-14-26;/h1-23H;/q-1;+1. The Kier molecular flexibility index (Phi) is 7.96. The molecule has 39 heavy (non-hydrogen) atoms. The molecule has 6 heteroatoms. The second-order valence-electron chi connectivity index (χ2n) is 8.91. The summed E-state index contributed by atoms with van der Waals surface area (Å²) in [5.74, 6) is 0. The van der Waals surface area contributed by atoms with Gasteiger partial charge in [-0.3, -0.25) is 4.98 Å². The van der Waals surface area contributed by atoms with E-state index < -0.39 is 10.0 Å². The third-order valence-corrected chi connectivity index (χ3v) is 7.85. The number of hydrogen-bond acceptors (Lipinski definition) is 3. The van der Waals surface area contributed by atoms with Crippen molar-refractivity contribution in [3.63, 3.8) is 0 Å². The Morgan fingerprint density at radius 3 is 1.97 bits per heavy atom. The number of rotatable bonds is 6. The first-order valence-electron chi connectivity index (χ1n) is 12.3. The summed E-state index contributed by atoms with van der Waals surface area (Å²) in [5, 5.41) is 2.32. The van der Waals surface area contributed by atoms with Gasteiger partial charge in [0.15, 0.2) is 0 Å². The third-order valence-electron chi connectivity index (χ3n) is 6.50. The smallest absolute Gasteiger partial charge is 0.571 e. The van der Waals surface area contributed by atoms with Crippen molar-refractivity contribution in [1.82, 2.24) is 4.98 Å². The van der Waals surface area contributed by atoms with Crippen LogP contribution in [0.5, 0.6) is 0 Å². The fraction of sp³-hybridized carbons (Fsp3) is 0. The van der Waals surface area contributed by atoms with Crippen LogP contribution >= 0.6 is 0 Å². The molecule has 0 fully saturated rings. The normalized spacial score (nSPS) is 11.1. The Bertz CT molecular complexity index is 1860. The predicted molar refractivity (Wildman–Crippen MR) is 156 cm³/mol. The molecule has 0 atom stereocenters. The van der Waals surface area contributed by atoms with Crippen LogP contribution in [0, 0.1) is 0 Å². The van der Waals surface area contributed by atoms with Gasteiger partial charge in [-0.05, 0) is 51.2 Å². The van der Waals surface area contributed by atoms with E-state index in [0.717, 1.165) is 33.0 Å². The molecule has 1 heterocycles. The quantitative estimate of drug-likeness (QED) is 0.213. The molecule has 0 unspecified atom stereocenters. The molecule has 1 aromatic heterocycles. The second kappa shape index (κ2) is 11.6. The van der Waals surface area contributed by atoms with Crippen molar-refractivity contribution in [1.29, 1.82) is 0 Å². The van der Waals surface area contributed by atoms with Gasteiger partial charge in [-0.2, -0.15) is 0 Å². The number of pyridine rings is 1. The number of sulfonamides is 1. The first-order chi connectivity index (χ1) is 18.6. The minimum absolute atomic E-state index is 0. The van der Waals surface area contributed by atoms with Gasteiger partial charge in [0.25, 0.3) is 0 Å². The minimum atomic E-state index is -3.98. The van der Waals surface area contributed by atoms with Crippen LogP contribution < -0.4 is 29.6 Å². The van der Waals surface area contributed by atoms with E-state index in [9.17, 15) is 8.42 Å². The zero-order valence-electron chi connectivity index (χ0n) is 21.4. The molecule has 184 valence electrons. The first-order valence-corrected chi connectivity index (χ1v) is 13.7. The Balaban J connectivity index is 0.00000308. The van der Waals surface area contributed by atoms with Crippen LogP contribution in [0.25, 0.3) is 38.0 Å². The average Bonchev–Trinajstić information content (AvgIpc) is 2.97. The van der Waals surface area contributed by atoms with Crippen molar-refractivity contribution in [2.45, 2.75) is 4.90 Å². The molecular formula is C33H23N2NaO2S. The van der Waals surface area contributed by atoms with Gasteiger partial charge >= 0.3 is 29.6 Å². The zero-order valence-corrected chi connectivity index (χ0v) is 24.2. The SMILES string of the molecule is O=S(=O)([N-]c1ccc(C=C(c2ccccc2)c2ccccc2)c2cccnc12)c1cccc2ccccc12.[Na+]. The van der Waals surface area contributed by atoms with E-state index in [2.05, 4.69) is 40.0 Å². The molecule has 0 saturated carbocycles. The van der Waals surface area contributed by atoms with Crippen LogP contribution in [0.2, 0.25) is 0 Å². The van der Waals surface area contributed by atoms with Gasteiger partial charge in [0.05, 0.1) is 10.4 Å². The van der Waals surface area contributed by atoms with Crippen molar-refractivity contribution < 1.29 is 38.0 Å². The summed E-state index contributed by atoms with van der Waals surface area (Å²) in [7, 11) is -3.98. The van der Waals surface area contributed by atoms with Gasteiger partial charge < -0.3 is 4.72 Å². The maximum Gasteiger partial charge on any atom is 1.00 e. The number of fused-ring (bicyclic) bond motifs is 2. The van der Waals surface area contributed by atoms with E-state index in [-0.39, 0.29) is 34.5 Å². The zero-order chi connectivity index (χ0) is 26.0. The van der Waals surface area contributed by atoms with E-state index in [1.807, 2.05) is 78.9 Å². The fourth-order valence-corrected chi connectivity index (χ4v) is 5.92. The molecule has 4 nitrogen and oxygen atoms in total. The second-order valence-corrected chi connectivity index (χ2v) is 10.5. The van der Waals surface area contributed by atoms with Crippen LogP contribution in [-0.2, 0) is 10.0 Å². The molecule has 5 aromatic carbocycles. The summed E-state index contributed by atoms with van der Waals surface area (Å²) >= 11 is 0.